The maximum atomic E-state index is 4.66. The second-order valence-corrected chi connectivity index (χ2v) is 5.84. The van der Waals surface area contributed by atoms with E-state index in [1.54, 1.807) is 0 Å². The summed E-state index contributed by atoms with van der Waals surface area (Å²) in [4.78, 5) is 9.03. The minimum atomic E-state index is 0.304. The predicted octanol–water partition coefficient (Wildman–Crippen LogP) is 3.35. The largest absolute Gasteiger partial charge is 0.307 e. The van der Waals surface area contributed by atoms with E-state index >= 15 is 0 Å². The summed E-state index contributed by atoms with van der Waals surface area (Å²) in [6.07, 6.45) is 5.41. The molecule has 0 radical (unpaired) electrons. The molecule has 1 unspecified atom stereocenters. The fraction of sp³-hybridized carbons (Fsp3) is 0.278. The molecule has 116 valence electrons. The average molecular weight is 305 g/mol. The molecule has 3 heterocycles. The van der Waals surface area contributed by atoms with Crippen molar-refractivity contribution in [3.05, 3.63) is 54.5 Å². The standard InChI is InChI=1S/C18H19N5/c1-3-11-19-15(5-1)13-7-9-14(10-8-13)17-21-18(23-22-17)16-6-2-4-12-20-16/h1,3,5,7-11,16,20H,2,4,6,12H2,(H,21,22,23). The quantitative estimate of drug-likeness (QED) is 0.779. The lowest BCUT2D eigenvalue weighted by Gasteiger charge is -2.20. The van der Waals surface area contributed by atoms with Gasteiger partial charge in [-0.1, -0.05) is 36.8 Å². The molecule has 0 spiro atoms. The first-order valence-electron chi connectivity index (χ1n) is 8.08. The van der Waals surface area contributed by atoms with Crippen LogP contribution in [0.5, 0.6) is 0 Å². The first-order valence-corrected chi connectivity index (χ1v) is 8.08. The summed E-state index contributed by atoms with van der Waals surface area (Å²) in [5.41, 5.74) is 3.09. The van der Waals surface area contributed by atoms with E-state index in [1.807, 2.05) is 36.5 Å². The van der Waals surface area contributed by atoms with E-state index in [0.29, 0.717) is 6.04 Å². The van der Waals surface area contributed by atoms with Gasteiger partial charge in [0, 0.05) is 17.3 Å². The van der Waals surface area contributed by atoms with Crippen molar-refractivity contribution in [2.24, 2.45) is 0 Å². The lowest BCUT2D eigenvalue weighted by Crippen LogP contribution is -2.27. The lowest BCUT2D eigenvalue weighted by atomic mass is 10.0. The molecule has 1 aliphatic heterocycles. The van der Waals surface area contributed by atoms with Gasteiger partial charge in [-0.05, 0) is 31.5 Å². The van der Waals surface area contributed by atoms with Crippen LogP contribution in [0.1, 0.15) is 31.1 Å². The Hall–Kier alpha value is -2.53. The summed E-state index contributed by atoms with van der Waals surface area (Å²) in [5, 5.41) is 10.9. The van der Waals surface area contributed by atoms with Crippen molar-refractivity contribution in [2.75, 3.05) is 6.54 Å². The van der Waals surface area contributed by atoms with E-state index in [4.69, 9.17) is 0 Å². The average Bonchev–Trinajstić information content (AvgIpc) is 3.14. The third kappa shape index (κ3) is 3.00. The molecule has 2 N–H and O–H groups in total. The molecule has 1 atom stereocenters. The van der Waals surface area contributed by atoms with Gasteiger partial charge < -0.3 is 5.32 Å². The minimum Gasteiger partial charge on any atom is -0.307 e. The van der Waals surface area contributed by atoms with Gasteiger partial charge in [0.05, 0.1) is 11.7 Å². The monoisotopic (exact) mass is 305 g/mol. The van der Waals surface area contributed by atoms with Crippen molar-refractivity contribution >= 4 is 0 Å². The summed E-state index contributed by atoms with van der Waals surface area (Å²) in [5.74, 6) is 1.69. The van der Waals surface area contributed by atoms with Gasteiger partial charge in [0.2, 0.25) is 0 Å². The van der Waals surface area contributed by atoms with Crippen LogP contribution in [-0.4, -0.2) is 26.7 Å². The van der Waals surface area contributed by atoms with Crippen molar-refractivity contribution < 1.29 is 0 Å². The van der Waals surface area contributed by atoms with Crippen molar-refractivity contribution in [1.29, 1.82) is 0 Å². The highest BCUT2D eigenvalue weighted by atomic mass is 15.2. The van der Waals surface area contributed by atoms with Crippen LogP contribution in [0.2, 0.25) is 0 Å². The molecule has 5 nitrogen and oxygen atoms in total. The van der Waals surface area contributed by atoms with Crippen molar-refractivity contribution in [3.63, 3.8) is 0 Å². The number of H-pyrrole nitrogens is 1. The Bertz CT molecular complexity index is 758. The van der Waals surface area contributed by atoms with Crippen LogP contribution < -0.4 is 5.32 Å². The lowest BCUT2D eigenvalue weighted by molar-refractivity contribution is 0.398. The second-order valence-electron chi connectivity index (χ2n) is 5.84. The zero-order valence-electron chi connectivity index (χ0n) is 12.9. The van der Waals surface area contributed by atoms with Crippen molar-refractivity contribution in [1.82, 2.24) is 25.5 Å². The normalized spacial score (nSPS) is 18.0. The smallest absolute Gasteiger partial charge is 0.181 e. The second kappa shape index (κ2) is 6.30. The molecule has 1 aliphatic rings. The molecule has 0 aliphatic carbocycles. The van der Waals surface area contributed by atoms with Crippen LogP contribution in [0.15, 0.2) is 48.7 Å². The van der Waals surface area contributed by atoms with E-state index in [2.05, 4.69) is 37.6 Å². The minimum absolute atomic E-state index is 0.304. The molecular weight excluding hydrogens is 286 g/mol. The number of rotatable bonds is 3. The first kappa shape index (κ1) is 14.1. The van der Waals surface area contributed by atoms with Crippen LogP contribution in [0.25, 0.3) is 22.6 Å². The summed E-state index contributed by atoms with van der Waals surface area (Å²) in [6, 6.07) is 14.4. The van der Waals surface area contributed by atoms with Gasteiger partial charge >= 0.3 is 0 Å². The number of hydrogen-bond donors (Lipinski definition) is 2. The number of nitrogens with zero attached hydrogens (tertiary/aromatic N) is 3. The zero-order valence-corrected chi connectivity index (χ0v) is 12.9. The highest BCUT2D eigenvalue weighted by molar-refractivity contribution is 5.64. The molecule has 5 heteroatoms. The third-order valence-electron chi connectivity index (χ3n) is 4.25. The van der Waals surface area contributed by atoms with E-state index < -0.39 is 0 Å². The van der Waals surface area contributed by atoms with Crippen LogP contribution in [0, 0.1) is 0 Å². The molecule has 0 bridgehead atoms. The van der Waals surface area contributed by atoms with E-state index in [0.717, 1.165) is 41.4 Å². The van der Waals surface area contributed by atoms with E-state index in [9.17, 15) is 0 Å². The molecular formula is C18H19N5. The number of piperidine rings is 1. The number of aromatic amines is 1. The molecule has 1 fully saturated rings. The maximum absolute atomic E-state index is 4.66. The number of benzene rings is 1. The molecule has 1 aromatic carbocycles. The highest BCUT2D eigenvalue weighted by Gasteiger charge is 2.18. The fourth-order valence-corrected chi connectivity index (χ4v) is 2.97. The van der Waals surface area contributed by atoms with Gasteiger partial charge in [-0.2, -0.15) is 5.10 Å². The Balaban J connectivity index is 1.55. The van der Waals surface area contributed by atoms with Crippen molar-refractivity contribution in [2.45, 2.75) is 25.3 Å². The molecule has 23 heavy (non-hydrogen) atoms. The topological polar surface area (TPSA) is 66.5 Å². The van der Waals surface area contributed by atoms with Gasteiger partial charge in [-0.25, -0.2) is 4.98 Å². The Kier molecular flexibility index (Phi) is 3.86. The Morgan fingerprint density at radius 2 is 1.83 bits per heavy atom. The van der Waals surface area contributed by atoms with Gasteiger partial charge in [-0.15, -0.1) is 0 Å². The predicted molar refractivity (Wildman–Crippen MR) is 89.6 cm³/mol. The molecule has 0 amide bonds. The van der Waals surface area contributed by atoms with Crippen LogP contribution in [0.3, 0.4) is 0 Å². The van der Waals surface area contributed by atoms with Crippen LogP contribution in [-0.2, 0) is 0 Å². The zero-order chi connectivity index (χ0) is 15.5. The number of hydrogen-bond acceptors (Lipinski definition) is 4. The SMILES string of the molecule is c1ccc(-c2ccc(-c3n[nH]c(C4CCCCN4)n3)cc2)nc1. The van der Waals surface area contributed by atoms with E-state index in [1.165, 1.54) is 12.8 Å². The summed E-state index contributed by atoms with van der Waals surface area (Å²) in [7, 11) is 0. The molecule has 4 rings (SSSR count). The van der Waals surface area contributed by atoms with Crippen molar-refractivity contribution in [3.8, 4) is 22.6 Å². The fourth-order valence-electron chi connectivity index (χ4n) is 2.97. The summed E-state index contributed by atoms with van der Waals surface area (Å²) < 4.78 is 0. The molecule has 0 saturated carbocycles. The summed E-state index contributed by atoms with van der Waals surface area (Å²) >= 11 is 0. The van der Waals surface area contributed by atoms with Gasteiger partial charge in [0.15, 0.2) is 5.82 Å². The molecule has 1 saturated heterocycles. The maximum Gasteiger partial charge on any atom is 0.181 e. The first-order chi connectivity index (χ1) is 11.4. The Labute approximate surface area is 135 Å². The van der Waals surface area contributed by atoms with Gasteiger partial charge in [-0.3, -0.25) is 10.1 Å². The Morgan fingerprint density at radius 3 is 2.57 bits per heavy atom. The molecule has 2 aromatic heterocycles. The van der Waals surface area contributed by atoms with Gasteiger partial charge in [0.1, 0.15) is 5.82 Å². The summed E-state index contributed by atoms with van der Waals surface area (Å²) in [6.45, 7) is 1.06. The van der Waals surface area contributed by atoms with E-state index in [-0.39, 0.29) is 0 Å². The number of aromatic nitrogens is 4. The Morgan fingerprint density at radius 1 is 0.957 bits per heavy atom. The highest BCUT2D eigenvalue weighted by Crippen LogP contribution is 2.24. The number of pyridine rings is 1. The van der Waals surface area contributed by atoms with Crippen LogP contribution in [0.4, 0.5) is 0 Å². The third-order valence-corrected chi connectivity index (χ3v) is 4.25. The molecule has 3 aromatic rings. The number of nitrogens with one attached hydrogen (secondary N) is 2. The van der Waals surface area contributed by atoms with Gasteiger partial charge in [0.25, 0.3) is 0 Å². The van der Waals surface area contributed by atoms with Crippen LogP contribution >= 0.6 is 0 Å².